The second-order valence-electron chi connectivity index (χ2n) is 11.8. The number of nitrogens with one attached hydrogen (secondary N) is 1. The molecule has 1 heterocycles. The van der Waals surface area contributed by atoms with Gasteiger partial charge in [0.05, 0.1) is 11.4 Å². The standard InChI is InChI=1S/C32H38F3N3O3/c1-21(2)30(39)41-31(20-23-14-15-24(31)19-25(23)22-9-5-4-6-10-22)16-18-38(3)17-8-13-28-36-26-11-7-12-27(29(26)37-28)40-32(33,34)35/h4-7,9-12,19,21,23-24H,8,13-18,20H2,1-3H3,(H,36,37)/t23-,24+,31+/m1/s1. The van der Waals surface area contributed by atoms with Gasteiger partial charge in [0, 0.05) is 25.3 Å². The number of allylic oxidation sites excluding steroid dienone is 1. The molecule has 2 bridgehead atoms. The summed E-state index contributed by atoms with van der Waals surface area (Å²) >= 11 is 0. The van der Waals surface area contributed by atoms with Crippen molar-refractivity contribution in [3.05, 3.63) is 66.0 Å². The summed E-state index contributed by atoms with van der Waals surface area (Å²) in [6.45, 7) is 5.30. The van der Waals surface area contributed by atoms with Gasteiger partial charge in [-0.3, -0.25) is 4.79 Å². The van der Waals surface area contributed by atoms with Crippen LogP contribution in [-0.2, 0) is 16.0 Å². The number of halogens is 3. The van der Waals surface area contributed by atoms with Gasteiger partial charge in [0.25, 0.3) is 0 Å². The largest absolute Gasteiger partial charge is 0.573 e. The number of nitrogens with zero attached hydrogens (tertiary/aromatic N) is 2. The van der Waals surface area contributed by atoms with Crippen LogP contribution in [0, 0.1) is 17.8 Å². The number of rotatable bonds is 11. The molecule has 0 saturated heterocycles. The molecular formula is C32H38F3N3O3. The van der Waals surface area contributed by atoms with Gasteiger partial charge < -0.3 is 19.4 Å². The number of carbonyl (C=O) groups is 1. The highest BCUT2D eigenvalue weighted by molar-refractivity contribution is 5.81. The number of ether oxygens (including phenoxy) is 2. The van der Waals surface area contributed by atoms with Gasteiger partial charge in [-0.1, -0.05) is 56.3 Å². The molecule has 3 aliphatic rings. The number of H-pyrrole nitrogens is 1. The van der Waals surface area contributed by atoms with Crippen molar-refractivity contribution in [1.29, 1.82) is 0 Å². The molecule has 6 nitrogen and oxygen atoms in total. The fourth-order valence-corrected chi connectivity index (χ4v) is 6.30. The van der Waals surface area contributed by atoms with Crippen molar-refractivity contribution in [3.63, 3.8) is 0 Å². The van der Waals surface area contributed by atoms with Gasteiger partial charge in [0.2, 0.25) is 0 Å². The van der Waals surface area contributed by atoms with Crippen LogP contribution in [0.25, 0.3) is 16.6 Å². The zero-order valence-electron chi connectivity index (χ0n) is 23.8. The molecule has 1 saturated carbocycles. The zero-order chi connectivity index (χ0) is 29.2. The third kappa shape index (κ3) is 6.77. The summed E-state index contributed by atoms with van der Waals surface area (Å²) in [5, 5.41) is 0. The number of para-hydroxylation sites is 1. The van der Waals surface area contributed by atoms with Crippen molar-refractivity contribution in [3.8, 4) is 5.75 Å². The maximum absolute atomic E-state index is 12.9. The Labute approximate surface area is 238 Å². The Morgan fingerprint density at radius 1 is 1.12 bits per heavy atom. The van der Waals surface area contributed by atoms with Crippen LogP contribution in [-0.4, -0.2) is 52.9 Å². The van der Waals surface area contributed by atoms with Crippen LogP contribution in [0.5, 0.6) is 5.75 Å². The lowest BCUT2D eigenvalue weighted by atomic mass is 9.60. The molecule has 0 radical (unpaired) electrons. The minimum atomic E-state index is -4.77. The fraction of sp³-hybridized carbons (Fsp3) is 0.500. The summed E-state index contributed by atoms with van der Waals surface area (Å²) in [6, 6.07) is 15.0. The fourth-order valence-electron chi connectivity index (χ4n) is 6.30. The van der Waals surface area contributed by atoms with Crippen molar-refractivity contribution in [2.24, 2.45) is 17.8 Å². The molecule has 9 heteroatoms. The molecule has 220 valence electrons. The summed E-state index contributed by atoms with van der Waals surface area (Å²) in [7, 11) is 2.05. The van der Waals surface area contributed by atoms with Crippen LogP contribution in [0.1, 0.15) is 57.3 Å². The second kappa shape index (κ2) is 11.9. The van der Waals surface area contributed by atoms with E-state index in [1.165, 1.54) is 23.3 Å². The van der Waals surface area contributed by atoms with Crippen molar-refractivity contribution in [2.45, 2.75) is 64.3 Å². The third-order valence-electron chi connectivity index (χ3n) is 8.42. The van der Waals surface area contributed by atoms with Crippen LogP contribution in [0.3, 0.4) is 0 Å². The van der Waals surface area contributed by atoms with Crippen molar-refractivity contribution < 1.29 is 27.4 Å². The van der Waals surface area contributed by atoms with E-state index in [0.29, 0.717) is 23.7 Å². The van der Waals surface area contributed by atoms with E-state index in [-0.39, 0.29) is 29.1 Å². The van der Waals surface area contributed by atoms with Gasteiger partial charge >= 0.3 is 12.3 Å². The SMILES string of the molecule is CC(C)C(=O)O[C@@]1(CCN(C)CCCc2nc3c(OC(F)(F)F)cccc3[nH]2)C[C@H]2CC[C@H]1C=C2c1ccccc1. The molecule has 0 amide bonds. The molecule has 1 fully saturated rings. The minimum Gasteiger partial charge on any atom is -0.458 e. The molecule has 3 aliphatic carbocycles. The Bertz CT molecular complexity index is 1390. The number of benzene rings is 2. The van der Waals surface area contributed by atoms with Crippen molar-refractivity contribution >= 4 is 22.6 Å². The van der Waals surface area contributed by atoms with Gasteiger partial charge in [-0.25, -0.2) is 4.98 Å². The predicted octanol–water partition coefficient (Wildman–Crippen LogP) is 7.17. The first-order chi connectivity index (χ1) is 19.5. The number of aromatic amines is 1. The first-order valence-electron chi connectivity index (χ1n) is 14.4. The van der Waals surface area contributed by atoms with Gasteiger partial charge in [-0.05, 0) is 68.5 Å². The first kappa shape index (κ1) is 29.2. The van der Waals surface area contributed by atoms with Gasteiger partial charge in [0.15, 0.2) is 5.75 Å². The third-order valence-corrected chi connectivity index (χ3v) is 8.42. The monoisotopic (exact) mass is 569 g/mol. The smallest absolute Gasteiger partial charge is 0.458 e. The highest BCUT2D eigenvalue weighted by Crippen LogP contribution is 2.53. The van der Waals surface area contributed by atoms with Crippen LogP contribution < -0.4 is 4.74 Å². The molecule has 0 unspecified atom stereocenters. The lowest BCUT2D eigenvalue weighted by Crippen LogP contribution is -2.51. The predicted molar refractivity (Wildman–Crippen MR) is 152 cm³/mol. The van der Waals surface area contributed by atoms with E-state index in [0.717, 1.165) is 45.2 Å². The summed E-state index contributed by atoms with van der Waals surface area (Å²) < 4.78 is 48.8. The maximum Gasteiger partial charge on any atom is 0.573 e. The van der Waals surface area contributed by atoms with Gasteiger partial charge in [0.1, 0.15) is 16.9 Å². The molecule has 3 aromatic rings. The number of hydrogen-bond acceptors (Lipinski definition) is 5. The summed E-state index contributed by atoms with van der Waals surface area (Å²) in [5.41, 5.74) is 2.81. The maximum atomic E-state index is 12.9. The number of esters is 1. The molecular weight excluding hydrogens is 531 g/mol. The van der Waals surface area contributed by atoms with E-state index >= 15 is 0 Å². The van der Waals surface area contributed by atoms with E-state index < -0.39 is 12.0 Å². The Morgan fingerprint density at radius 3 is 2.59 bits per heavy atom. The van der Waals surface area contributed by atoms with Gasteiger partial charge in [-0.2, -0.15) is 0 Å². The number of fused-ring (bicyclic) bond motifs is 3. The first-order valence-corrected chi connectivity index (χ1v) is 14.4. The molecule has 0 aliphatic heterocycles. The summed E-state index contributed by atoms with van der Waals surface area (Å²) in [5.74, 6) is 0.538. The Kier molecular flexibility index (Phi) is 8.45. The van der Waals surface area contributed by atoms with Crippen LogP contribution in [0.15, 0.2) is 54.6 Å². The molecule has 41 heavy (non-hydrogen) atoms. The molecule has 1 aromatic heterocycles. The lowest BCUT2D eigenvalue weighted by molar-refractivity contribution is -0.274. The topological polar surface area (TPSA) is 67.4 Å². The zero-order valence-corrected chi connectivity index (χ0v) is 23.8. The molecule has 0 spiro atoms. The average molecular weight is 570 g/mol. The van der Waals surface area contributed by atoms with E-state index in [9.17, 15) is 18.0 Å². The van der Waals surface area contributed by atoms with Crippen LogP contribution in [0.4, 0.5) is 13.2 Å². The number of aryl methyl sites for hydroxylation is 1. The lowest BCUT2D eigenvalue weighted by Gasteiger charge is -2.50. The van der Waals surface area contributed by atoms with E-state index in [2.05, 4.69) is 57.0 Å². The summed E-state index contributed by atoms with van der Waals surface area (Å²) in [4.78, 5) is 22.6. The summed E-state index contributed by atoms with van der Waals surface area (Å²) in [6.07, 6.45) is 2.67. The van der Waals surface area contributed by atoms with Crippen molar-refractivity contribution in [2.75, 3.05) is 20.1 Å². The quantitative estimate of drug-likeness (QED) is 0.248. The van der Waals surface area contributed by atoms with E-state index in [1.807, 2.05) is 19.9 Å². The second-order valence-corrected chi connectivity index (χ2v) is 11.8. The molecule has 1 N–H and O–H groups in total. The highest BCUT2D eigenvalue weighted by Gasteiger charge is 2.50. The number of hydrogen-bond donors (Lipinski definition) is 1. The number of imidazole rings is 1. The van der Waals surface area contributed by atoms with E-state index in [1.54, 1.807) is 6.07 Å². The number of carbonyl (C=O) groups excluding carboxylic acids is 1. The molecule has 6 rings (SSSR count). The molecule has 3 atom stereocenters. The number of aromatic nitrogens is 2. The van der Waals surface area contributed by atoms with Gasteiger partial charge in [-0.15, -0.1) is 13.2 Å². The van der Waals surface area contributed by atoms with E-state index in [4.69, 9.17) is 4.74 Å². The minimum absolute atomic E-state index is 0.145. The normalized spacial score (nSPS) is 22.4. The molecule has 2 aromatic carbocycles. The van der Waals surface area contributed by atoms with Crippen molar-refractivity contribution in [1.82, 2.24) is 14.9 Å². The average Bonchev–Trinajstić information content (AvgIpc) is 3.36. The number of alkyl halides is 3. The highest BCUT2D eigenvalue weighted by atomic mass is 19.4. The van der Waals surface area contributed by atoms with Crippen LogP contribution >= 0.6 is 0 Å². The Morgan fingerprint density at radius 2 is 1.90 bits per heavy atom. The Balaban J connectivity index is 1.22. The Hall–Kier alpha value is -3.33. The van der Waals surface area contributed by atoms with Crippen LogP contribution in [0.2, 0.25) is 0 Å².